The molecule has 0 saturated carbocycles. The van der Waals surface area contributed by atoms with Crippen LogP contribution in [0.15, 0.2) is 24.3 Å². The second-order valence-electron chi connectivity index (χ2n) is 1.76. The molecule has 0 fully saturated rings. The zero-order valence-corrected chi connectivity index (χ0v) is 6.02. The van der Waals surface area contributed by atoms with Gasteiger partial charge in [0.05, 0.1) is 0 Å². The first-order valence-electron chi connectivity index (χ1n) is 2.93. The summed E-state index contributed by atoms with van der Waals surface area (Å²) < 4.78 is 0. The minimum atomic E-state index is 0. The molecule has 0 aromatic carbocycles. The van der Waals surface area contributed by atoms with Crippen molar-refractivity contribution in [2.45, 2.75) is 7.43 Å². The molecule has 0 heterocycles. The van der Waals surface area contributed by atoms with Gasteiger partial charge in [0.1, 0.15) is 0 Å². The highest BCUT2D eigenvalue weighted by Crippen LogP contribution is 2.04. The average Bonchev–Trinajstić information content (AvgIpc) is 2.00. The number of rotatable bonds is 0. The third-order valence-corrected chi connectivity index (χ3v) is 1.22. The lowest BCUT2D eigenvalue weighted by Crippen LogP contribution is -1.80. The van der Waals surface area contributed by atoms with Crippen LogP contribution in [-0.2, 0) is 9.59 Å². The van der Waals surface area contributed by atoms with Gasteiger partial charge in [-0.05, 0) is 22.6 Å². The molecule has 68 valence electrons. The van der Waals surface area contributed by atoms with E-state index >= 15 is 0 Å². The second kappa shape index (κ2) is 8.08. The summed E-state index contributed by atoms with van der Waals surface area (Å²) in [7, 11) is 0. The lowest BCUT2D eigenvalue weighted by molar-refractivity contribution is 0.568. The molecule has 4 heteroatoms. The normalized spacial score (nSPS) is 6.46. The first-order chi connectivity index (χ1) is 5.79. The molecule has 0 atom stereocenters. The fourth-order valence-electron chi connectivity index (χ4n) is 0.663. The van der Waals surface area contributed by atoms with E-state index in [2.05, 4.69) is 24.3 Å². The summed E-state index contributed by atoms with van der Waals surface area (Å²) in [6.45, 7) is 0. The van der Waals surface area contributed by atoms with Crippen LogP contribution in [0.1, 0.15) is 7.43 Å². The molecule has 0 amide bonds. The summed E-state index contributed by atoms with van der Waals surface area (Å²) in [5.74, 6) is 0. The van der Waals surface area contributed by atoms with Gasteiger partial charge < -0.3 is 10.8 Å². The van der Waals surface area contributed by atoms with Crippen molar-refractivity contribution in [3.8, 4) is 0 Å². The third-order valence-electron chi connectivity index (χ3n) is 1.22. The van der Waals surface area contributed by atoms with Gasteiger partial charge in [-0.2, -0.15) is 0 Å². The molecule has 2 rings (SSSR count). The van der Waals surface area contributed by atoms with Crippen molar-refractivity contribution in [2.24, 2.45) is 0 Å². The van der Waals surface area contributed by atoms with Crippen LogP contribution in [0.2, 0.25) is 0 Å². The molecule has 13 heavy (non-hydrogen) atoms. The van der Waals surface area contributed by atoms with Gasteiger partial charge in [-0.15, -0.1) is 0 Å². The third kappa shape index (κ3) is 4.43. The molecule has 0 N–H and O–H groups in total. The van der Waals surface area contributed by atoms with E-state index in [4.69, 9.17) is 20.4 Å². The number of nitrogens with zero attached hydrogens (tertiary/aromatic N) is 2. The van der Waals surface area contributed by atoms with Gasteiger partial charge in [0, 0.05) is 0 Å². The van der Waals surface area contributed by atoms with Gasteiger partial charge in [0.15, 0.2) is 0 Å². The van der Waals surface area contributed by atoms with Gasteiger partial charge in [-0.1, -0.05) is 31.7 Å². The zero-order valence-electron chi connectivity index (χ0n) is 6.02. The van der Waals surface area contributed by atoms with E-state index < -0.39 is 0 Å². The predicted molar refractivity (Wildman–Crippen MR) is 49.0 cm³/mol. The molecule has 4 nitrogen and oxygen atoms in total. The van der Waals surface area contributed by atoms with E-state index in [9.17, 15) is 0 Å². The van der Waals surface area contributed by atoms with E-state index in [0.717, 1.165) is 0 Å². The first kappa shape index (κ1) is 13.6. The molecule has 0 saturated heterocycles. The molecular weight excluding hydrogens is 168 g/mol. The van der Waals surface area contributed by atoms with Crippen molar-refractivity contribution < 1.29 is 9.59 Å². The standard InChI is InChI=1S/C6H4.2CNO.CH4/c1-2-6-4-3-5(1)6;2*2-1-3;/h1-4H;;;1H4/q;2*-1;. The number of hydrogen-bond acceptors (Lipinski definition) is 2. The monoisotopic (exact) mass is 176 g/mol. The fraction of sp³-hybridized carbons (Fsp3) is 0.111. The fourth-order valence-corrected chi connectivity index (χ4v) is 0.663. The van der Waals surface area contributed by atoms with Crippen LogP contribution < -0.4 is 0 Å². The maximum atomic E-state index is 8.24. The molecule has 0 radical (unpaired) electrons. The zero-order chi connectivity index (χ0) is 9.40. The van der Waals surface area contributed by atoms with Crippen LogP contribution in [0.3, 0.4) is 0 Å². The SMILES string of the molecule is C.[N-]=C=O.[N-]=C=O.c1cc2ccc1=2. The summed E-state index contributed by atoms with van der Waals surface area (Å²) in [6, 6.07) is 8.48. The quantitative estimate of drug-likeness (QED) is 0.452. The Labute approximate surface area is 75.5 Å². The van der Waals surface area contributed by atoms with Gasteiger partial charge in [0.25, 0.3) is 0 Å². The molecule has 0 unspecified atom stereocenters. The lowest BCUT2D eigenvalue weighted by Gasteiger charge is -1.95. The Bertz CT molecular complexity index is 338. The van der Waals surface area contributed by atoms with E-state index in [-0.39, 0.29) is 7.43 Å². The highest BCUT2D eigenvalue weighted by molar-refractivity contribution is 5.37. The Morgan fingerprint density at radius 3 is 1.00 bits per heavy atom. The number of isocyanates is 2. The van der Waals surface area contributed by atoms with E-state index in [1.807, 2.05) is 0 Å². The largest absolute Gasteiger partial charge is 0.724 e. The topological polar surface area (TPSA) is 78.7 Å². The summed E-state index contributed by atoms with van der Waals surface area (Å²) in [6.07, 6.45) is 1.00. The first-order valence-corrected chi connectivity index (χ1v) is 2.93. The van der Waals surface area contributed by atoms with Gasteiger partial charge >= 0.3 is 0 Å². The number of benzene rings is 1. The Morgan fingerprint density at radius 1 is 0.846 bits per heavy atom. The van der Waals surface area contributed by atoms with E-state index in [1.54, 1.807) is 0 Å². The maximum Gasteiger partial charge on any atom is -0.0159 e. The molecule has 2 aliphatic carbocycles. The van der Waals surface area contributed by atoms with Gasteiger partial charge in [-0.25, -0.2) is 0 Å². The van der Waals surface area contributed by atoms with Crippen molar-refractivity contribution in [2.75, 3.05) is 0 Å². The van der Waals surface area contributed by atoms with Crippen molar-refractivity contribution >= 4 is 12.2 Å². The molecular formula is C9H8N2O2-2. The number of hydrogen-bond donors (Lipinski definition) is 0. The van der Waals surface area contributed by atoms with Gasteiger partial charge in [0.2, 0.25) is 0 Å². The van der Waals surface area contributed by atoms with Crippen molar-refractivity contribution in [1.82, 2.24) is 0 Å². The van der Waals surface area contributed by atoms with Crippen LogP contribution in [0.25, 0.3) is 10.8 Å². The predicted octanol–water partition coefficient (Wildman–Crippen LogP) is 1.71. The molecule has 0 aromatic heterocycles. The Kier molecular flexibility index (Phi) is 8.43. The maximum absolute atomic E-state index is 8.24. The smallest absolute Gasteiger partial charge is 0.0159 e. The van der Waals surface area contributed by atoms with Gasteiger partial charge in [-0.3, -0.25) is 9.59 Å². The van der Waals surface area contributed by atoms with Crippen LogP contribution in [0.4, 0.5) is 0 Å². The summed E-state index contributed by atoms with van der Waals surface area (Å²) >= 11 is 0. The Morgan fingerprint density at radius 2 is 1.00 bits per heavy atom. The summed E-state index contributed by atoms with van der Waals surface area (Å²) in [5, 5.41) is 16.4. The summed E-state index contributed by atoms with van der Waals surface area (Å²) in [4.78, 5) is 16.5. The van der Waals surface area contributed by atoms with E-state index in [0.29, 0.717) is 12.2 Å². The lowest BCUT2D eigenvalue weighted by atomic mass is 10.1. The molecule has 0 bridgehead atoms. The van der Waals surface area contributed by atoms with E-state index in [1.165, 1.54) is 10.4 Å². The molecule has 0 aliphatic heterocycles. The Hall–Kier alpha value is -2.02. The van der Waals surface area contributed by atoms with Crippen LogP contribution in [0.5, 0.6) is 0 Å². The minimum Gasteiger partial charge on any atom is -0.724 e. The minimum absolute atomic E-state index is 0. The molecule has 0 aromatic rings. The highest BCUT2D eigenvalue weighted by atomic mass is 16.1. The van der Waals surface area contributed by atoms with Crippen molar-refractivity contribution in [3.63, 3.8) is 0 Å². The molecule has 0 spiro atoms. The number of carbonyl (C=O) groups excluding carboxylic acids is 2. The van der Waals surface area contributed by atoms with Crippen molar-refractivity contribution in [3.05, 3.63) is 45.5 Å². The van der Waals surface area contributed by atoms with Crippen LogP contribution >= 0.6 is 0 Å². The molecule has 2 aliphatic rings. The second-order valence-corrected chi connectivity index (χ2v) is 1.76. The Balaban J connectivity index is 0. The van der Waals surface area contributed by atoms with Crippen LogP contribution in [-0.4, -0.2) is 12.2 Å². The highest BCUT2D eigenvalue weighted by Gasteiger charge is 1.88. The average molecular weight is 176 g/mol. The van der Waals surface area contributed by atoms with Crippen molar-refractivity contribution in [1.29, 1.82) is 0 Å². The van der Waals surface area contributed by atoms with Crippen LogP contribution in [0, 0.1) is 10.4 Å². The summed E-state index contributed by atoms with van der Waals surface area (Å²) in [5.41, 5.74) is 0.